The Balaban J connectivity index is 1.65. The molecule has 2 heterocycles. The van der Waals surface area contributed by atoms with Crippen molar-refractivity contribution in [2.24, 2.45) is 0 Å². The van der Waals surface area contributed by atoms with Crippen molar-refractivity contribution in [3.05, 3.63) is 47.9 Å². The second-order valence-electron chi connectivity index (χ2n) is 4.96. The van der Waals surface area contributed by atoms with Crippen LogP contribution in [-0.4, -0.2) is 23.3 Å². The van der Waals surface area contributed by atoms with Crippen molar-refractivity contribution in [1.29, 1.82) is 0 Å². The van der Waals surface area contributed by atoms with E-state index in [-0.39, 0.29) is 12.3 Å². The monoisotopic (exact) mass is 313 g/mol. The molecule has 0 aliphatic heterocycles. The summed E-state index contributed by atoms with van der Waals surface area (Å²) in [6.45, 7) is 1.75. The molecular weight excluding hydrogens is 298 g/mol. The molecule has 1 amide bonds. The number of ether oxygens (including phenoxy) is 1. The van der Waals surface area contributed by atoms with E-state index >= 15 is 0 Å². The van der Waals surface area contributed by atoms with Crippen molar-refractivity contribution in [3.63, 3.8) is 0 Å². The number of aryl methyl sites for hydroxylation is 1. The van der Waals surface area contributed by atoms with Gasteiger partial charge in [-0.2, -0.15) is 0 Å². The highest BCUT2D eigenvalue weighted by Crippen LogP contribution is 2.23. The molecule has 3 rings (SSSR count). The molecule has 2 aromatic heterocycles. The van der Waals surface area contributed by atoms with Crippen molar-refractivity contribution in [2.75, 3.05) is 12.4 Å². The van der Waals surface area contributed by atoms with Crippen LogP contribution in [0.3, 0.4) is 0 Å². The number of methoxy groups -OCH3 is 1. The molecule has 0 aliphatic rings. The molecule has 0 saturated heterocycles. The van der Waals surface area contributed by atoms with Crippen molar-refractivity contribution in [1.82, 2.24) is 10.3 Å². The van der Waals surface area contributed by atoms with Crippen LogP contribution in [-0.2, 0) is 11.2 Å². The first-order valence-corrected chi connectivity index (χ1v) is 6.97. The number of rotatable bonds is 5. The Morgan fingerprint density at radius 3 is 2.61 bits per heavy atom. The average molecular weight is 313 g/mol. The molecule has 0 radical (unpaired) electrons. The maximum absolute atomic E-state index is 11.9. The zero-order chi connectivity index (χ0) is 16.2. The van der Waals surface area contributed by atoms with Crippen molar-refractivity contribution in [3.8, 4) is 17.1 Å². The van der Waals surface area contributed by atoms with Crippen LogP contribution in [0.4, 0.5) is 5.82 Å². The third-order valence-corrected chi connectivity index (χ3v) is 3.17. The molecule has 0 aliphatic carbocycles. The second kappa shape index (κ2) is 6.35. The lowest BCUT2D eigenvalue weighted by molar-refractivity contribution is -0.115. The Kier molecular flexibility index (Phi) is 4.09. The van der Waals surface area contributed by atoms with Gasteiger partial charge in [0.15, 0.2) is 11.6 Å². The molecule has 7 heteroatoms. The molecule has 7 nitrogen and oxygen atoms in total. The maximum Gasteiger partial charge on any atom is 0.231 e. The fourth-order valence-corrected chi connectivity index (χ4v) is 2.06. The highest BCUT2D eigenvalue weighted by Gasteiger charge is 2.12. The Hall–Kier alpha value is -3.09. The van der Waals surface area contributed by atoms with E-state index in [0.29, 0.717) is 23.0 Å². The topological polar surface area (TPSA) is 90.4 Å². The van der Waals surface area contributed by atoms with Crippen molar-refractivity contribution < 1.29 is 18.6 Å². The standard InChI is InChI=1S/C16H15N3O4/c1-10-7-15(19-22-10)17-16(20)9-12-8-14(23-18-12)11-3-5-13(21-2)6-4-11/h3-8H,9H2,1-2H3,(H,17,19,20). The van der Waals surface area contributed by atoms with Crippen LogP contribution in [0, 0.1) is 6.92 Å². The van der Waals surface area contributed by atoms with E-state index < -0.39 is 0 Å². The summed E-state index contributed by atoms with van der Waals surface area (Å²) >= 11 is 0. The average Bonchev–Trinajstić information content (AvgIpc) is 3.16. The van der Waals surface area contributed by atoms with Crippen LogP contribution >= 0.6 is 0 Å². The highest BCUT2D eigenvalue weighted by molar-refractivity contribution is 5.91. The summed E-state index contributed by atoms with van der Waals surface area (Å²) in [4.78, 5) is 11.9. The number of carbonyl (C=O) groups excluding carboxylic acids is 1. The fraction of sp³-hybridized carbons (Fsp3) is 0.188. The van der Waals surface area contributed by atoms with Crippen LogP contribution in [0.1, 0.15) is 11.5 Å². The van der Waals surface area contributed by atoms with Gasteiger partial charge in [-0.1, -0.05) is 10.3 Å². The van der Waals surface area contributed by atoms with Crippen molar-refractivity contribution in [2.45, 2.75) is 13.3 Å². The van der Waals surface area contributed by atoms with Crippen LogP contribution in [0.2, 0.25) is 0 Å². The number of hydrogen-bond donors (Lipinski definition) is 1. The van der Waals surface area contributed by atoms with Crippen LogP contribution in [0.25, 0.3) is 11.3 Å². The summed E-state index contributed by atoms with van der Waals surface area (Å²) in [5.74, 6) is 2.12. The van der Waals surface area contributed by atoms with Gasteiger partial charge < -0.3 is 19.1 Å². The number of nitrogens with zero attached hydrogens (tertiary/aromatic N) is 2. The number of nitrogens with one attached hydrogen (secondary N) is 1. The largest absolute Gasteiger partial charge is 0.497 e. The molecule has 0 spiro atoms. The number of aromatic nitrogens is 2. The Morgan fingerprint density at radius 1 is 1.17 bits per heavy atom. The summed E-state index contributed by atoms with van der Waals surface area (Å²) in [6.07, 6.45) is 0.0889. The summed E-state index contributed by atoms with van der Waals surface area (Å²) in [7, 11) is 1.61. The summed E-state index contributed by atoms with van der Waals surface area (Å²) in [5, 5.41) is 10.2. The maximum atomic E-state index is 11.9. The first kappa shape index (κ1) is 14.8. The van der Waals surface area contributed by atoms with Gasteiger partial charge in [-0.15, -0.1) is 0 Å². The lowest BCUT2D eigenvalue weighted by atomic mass is 10.1. The van der Waals surface area contributed by atoms with E-state index in [1.54, 1.807) is 26.2 Å². The molecule has 118 valence electrons. The first-order chi connectivity index (χ1) is 11.1. The van der Waals surface area contributed by atoms with Gasteiger partial charge >= 0.3 is 0 Å². The molecular formula is C16H15N3O4. The molecule has 0 atom stereocenters. The predicted octanol–water partition coefficient (Wildman–Crippen LogP) is 2.83. The van der Waals surface area contributed by atoms with Gasteiger partial charge in [0.05, 0.1) is 19.2 Å². The first-order valence-electron chi connectivity index (χ1n) is 6.97. The van der Waals surface area contributed by atoms with Gasteiger partial charge in [0.1, 0.15) is 11.5 Å². The number of hydrogen-bond acceptors (Lipinski definition) is 6. The SMILES string of the molecule is COc1ccc(-c2cc(CC(=O)Nc3cc(C)on3)no2)cc1. The molecule has 3 aromatic rings. The van der Waals surface area contributed by atoms with E-state index in [4.69, 9.17) is 13.8 Å². The van der Waals surface area contributed by atoms with E-state index in [0.717, 1.165) is 11.3 Å². The summed E-state index contributed by atoms with van der Waals surface area (Å²) < 4.78 is 15.3. The van der Waals surface area contributed by atoms with Crippen LogP contribution < -0.4 is 10.1 Å². The number of benzene rings is 1. The zero-order valence-corrected chi connectivity index (χ0v) is 12.7. The molecule has 1 aromatic carbocycles. The van der Waals surface area contributed by atoms with E-state index in [9.17, 15) is 4.79 Å². The normalized spacial score (nSPS) is 10.5. The number of anilines is 1. The smallest absolute Gasteiger partial charge is 0.231 e. The Bertz CT molecular complexity index is 805. The Morgan fingerprint density at radius 2 is 1.96 bits per heavy atom. The van der Waals surface area contributed by atoms with Gasteiger partial charge in [0, 0.05) is 17.7 Å². The highest BCUT2D eigenvalue weighted by atomic mass is 16.5. The summed E-state index contributed by atoms with van der Waals surface area (Å²) in [6, 6.07) is 10.8. The van der Waals surface area contributed by atoms with Gasteiger partial charge in [0.25, 0.3) is 0 Å². The van der Waals surface area contributed by atoms with Crippen LogP contribution in [0.5, 0.6) is 5.75 Å². The third kappa shape index (κ3) is 3.57. The van der Waals surface area contributed by atoms with E-state index in [1.807, 2.05) is 24.3 Å². The minimum absolute atomic E-state index is 0.0889. The van der Waals surface area contributed by atoms with Gasteiger partial charge in [-0.3, -0.25) is 4.79 Å². The third-order valence-electron chi connectivity index (χ3n) is 3.17. The quantitative estimate of drug-likeness (QED) is 0.779. The lowest BCUT2D eigenvalue weighted by Crippen LogP contribution is -2.14. The molecule has 0 bridgehead atoms. The lowest BCUT2D eigenvalue weighted by Gasteiger charge is -1.99. The van der Waals surface area contributed by atoms with E-state index in [1.165, 1.54) is 0 Å². The predicted molar refractivity (Wildman–Crippen MR) is 82.1 cm³/mol. The zero-order valence-electron chi connectivity index (χ0n) is 12.7. The summed E-state index contributed by atoms with van der Waals surface area (Å²) in [5.41, 5.74) is 1.39. The number of amides is 1. The molecule has 23 heavy (non-hydrogen) atoms. The van der Waals surface area contributed by atoms with Crippen LogP contribution in [0.15, 0.2) is 45.4 Å². The second-order valence-corrected chi connectivity index (χ2v) is 4.96. The fourth-order valence-electron chi connectivity index (χ4n) is 2.06. The van der Waals surface area contributed by atoms with Gasteiger partial charge in [0.2, 0.25) is 5.91 Å². The molecule has 0 unspecified atom stereocenters. The Labute approximate surface area is 132 Å². The van der Waals surface area contributed by atoms with Gasteiger partial charge in [-0.25, -0.2) is 0 Å². The molecule has 0 saturated carbocycles. The molecule has 1 N–H and O–H groups in total. The van der Waals surface area contributed by atoms with E-state index in [2.05, 4.69) is 15.6 Å². The minimum atomic E-state index is -0.243. The van der Waals surface area contributed by atoms with Crippen molar-refractivity contribution >= 4 is 11.7 Å². The van der Waals surface area contributed by atoms with Gasteiger partial charge in [-0.05, 0) is 31.2 Å². The minimum Gasteiger partial charge on any atom is -0.497 e. The molecule has 0 fully saturated rings. The number of carbonyl (C=O) groups is 1.